The minimum Gasteiger partial charge on any atom is -0.507 e. The predicted molar refractivity (Wildman–Crippen MR) is 532 cm³/mol. The van der Waals surface area contributed by atoms with Gasteiger partial charge in [0.05, 0.1) is 28.4 Å². The Morgan fingerprint density at radius 3 is 0.870 bits per heavy atom. The summed E-state index contributed by atoms with van der Waals surface area (Å²) in [7, 11) is 21.6. The third kappa shape index (κ3) is 23.1. The first-order valence-corrected chi connectivity index (χ1v) is 47.7. The van der Waals surface area contributed by atoms with E-state index in [-0.39, 0.29) is 26.4 Å². The summed E-state index contributed by atoms with van der Waals surface area (Å²) in [6, 6.07) is 126. The van der Waals surface area contributed by atoms with Crippen molar-refractivity contribution in [3.05, 3.63) is 456 Å². The van der Waals surface area contributed by atoms with Crippen molar-refractivity contribution in [2.24, 2.45) is 5.92 Å². The average Bonchev–Trinajstić information content (AvgIpc) is 0.751. The lowest BCUT2D eigenvalue weighted by Gasteiger charge is -2.21. The third-order valence-electron chi connectivity index (χ3n) is 20.5. The van der Waals surface area contributed by atoms with Gasteiger partial charge in [0, 0.05) is 49.4 Å². The lowest BCUT2D eigenvalue weighted by atomic mass is 9.82. The summed E-state index contributed by atoms with van der Waals surface area (Å²) in [4.78, 5) is 23.1. The highest BCUT2D eigenvalue weighted by molar-refractivity contribution is 9.69. The van der Waals surface area contributed by atoms with Crippen LogP contribution in [0.15, 0.2) is 400 Å². The van der Waals surface area contributed by atoms with Crippen LogP contribution in [-0.4, -0.2) is 64.2 Å². The Morgan fingerprint density at radius 1 is 0.309 bits per heavy atom. The summed E-state index contributed by atoms with van der Waals surface area (Å²) in [5.74, 6) is 4.11. The lowest BCUT2D eigenvalue weighted by molar-refractivity contribution is 0.0946. The number of carbonyl (C=O) groups is 2. The van der Waals surface area contributed by atoms with Crippen molar-refractivity contribution in [1.82, 2.24) is 0 Å². The van der Waals surface area contributed by atoms with Crippen LogP contribution in [0.3, 0.4) is 0 Å². The molecule has 17 heteroatoms. The number of fused-ring (bicyclic) bond motifs is 6. The van der Waals surface area contributed by atoms with E-state index in [9.17, 15) is 19.8 Å². The Hall–Kier alpha value is -11.4. The van der Waals surface area contributed by atoms with Gasteiger partial charge in [0.2, 0.25) is 0 Å². The topological polar surface area (TPSA) is 112 Å². The molecule has 8 nitrogen and oxygen atoms in total. The molecule has 610 valence electrons. The molecule has 17 aromatic rings. The van der Waals surface area contributed by atoms with Gasteiger partial charge in [-0.1, -0.05) is 358 Å². The van der Waals surface area contributed by atoms with Crippen molar-refractivity contribution < 1.29 is 38.7 Å². The van der Waals surface area contributed by atoms with Crippen molar-refractivity contribution in [1.29, 1.82) is 0 Å². The molecular weight excluding hydrogens is 1820 g/mol. The number of phenolic OH excluding ortho intramolecular Hbond substituents is 2. The van der Waals surface area contributed by atoms with Gasteiger partial charge in [-0.25, -0.2) is 30.1 Å². The van der Waals surface area contributed by atoms with Gasteiger partial charge >= 0.3 is 14.6 Å². The minimum absolute atomic E-state index is 0.0585. The zero-order valence-electron chi connectivity index (χ0n) is 67.5. The van der Waals surface area contributed by atoms with Crippen LogP contribution in [0.25, 0.3) is 86.9 Å². The van der Waals surface area contributed by atoms with E-state index in [0.717, 1.165) is 144 Å². The number of aromatic hydroxyl groups is 2. The van der Waals surface area contributed by atoms with E-state index in [1.165, 1.54) is 21.9 Å². The zero-order chi connectivity index (χ0) is 86.6. The highest BCUT2D eigenvalue weighted by Gasteiger charge is 2.25. The van der Waals surface area contributed by atoms with Gasteiger partial charge in [-0.3, -0.25) is 9.59 Å². The molecule has 0 saturated heterocycles. The van der Waals surface area contributed by atoms with Crippen molar-refractivity contribution in [3.63, 3.8) is 0 Å². The molecule has 0 radical (unpaired) electrons. The predicted octanol–water partition coefficient (Wildman–Crippen LogP) is 30.4. The summed E-state index contributed by atoms with van der Waals surface area (Å²) in [6.07, 6.45) is 8.71. The van der Waals surface area contributed by atoms with Crippen LogP contribution in [0.2, 0.25) is 0 Å². The maximum Gasteiger partial charge on any atom is 0.643 e. The Labute approximate surface area is 764 Å². The molecule has 1 unspecified atom stereocenters. The molecule has 123 heavy (non-hydrogen) atoms. The van der Waals surface area contributed by atoms with Crippen LogP contribution >= 0.6 is 89.0 Å². The number of hydrogen-bond acceptors (Lipinski definition) is 8. The molecule has 1 aliphatic rings. The van der Waals surface area contributed by atoms with Crippen molar-refractivity contribution >= 4 is 202 Å². The number of ketones is 1. The van der Waals surface area contributed by atoms with Gasteiger partial charge in [0.1, 0.15) is 34.5 Å². The highest BCUT2D eigenvalue weighted by Crippen LogP contribution is 2.47. The molecular formula is C106H83AlBBr3Cl4O8. The quantitative estimate of drug-likeness (QED) is 0.0452. The van der Waals surface area contributed by atoms with Crippen molar-refractivity contribution in [3.8, 4) is 34.5 Å². The number of rotatable bonds is 15. The molecule has 1 aliphatic carbocycles. The molecule has 2 N–H and O–H groups in total. The second kappa shape index (κ2) is 45.6. The standard InChI is InChI=1S/C36H28O2.C34H24O2.C18H16O2.C11H10O.C7H5ClO.Al.BBr3.3ClH/c1-37-33-23-21-31(27-17-9-11-19-29(27)33)35(25-13-5-3-6-14-25)36(26-15-7-4-8-16-26)32-22-24-34(38-2)30-20-12-10-18-28(30)32;35-31-21-19-29(25-15-7-9-17-27(25)31)33(23-11-3-1-4-12-23)34(24-13-5-2-6-14-24)30-20-22-32(36)28-18-10-8-16-26(28)30;1-20-17-12-11-16(14-9-5-6-10-15(14)17)18(19)13-7-3-2-4-8-13;1-12-11-8-4-6-9-5-2-3-7-10(9)11;8-7(9)6-4-2-1-3-5-6;;2-1(3)4;;;/h3-24H,1-2H3;1-22,35-36H;2-7,9-13H,8H2,1H3;2-8H,1H3;1-5H;;;3*1H/q;;;;;+3;;;;/p-3/b36-35+;34-33+;;;;;;;;. The number of allylic oxidation sites excluding steroid dienone is 4. The van der Waals surface area contributed by atoms with E-state index in [1.807, 2.05) is 152 Å². The maximum atomic E-state index is 12.7. The summed E-state index contributed by atoms with van der Waals surface area (Å²) in [5.41, 5.74) is 14.6. The average molecular weight is 1900 g/mol. The van der Waals surface area contributed by atoms with Gasteiger partial charge in [-0.2, -0.15) is 0 Å². The Morgan fingerprint density at radius 2 is 0.561 bits per heavy atom. The molecule has 0 spiro atoms. The number of carbonyl (C=O) groups excluding carboxylic acids is 2. The minimum atomic E-state index is -1.72. The Bertz CT molecular complexity index is 6320. The van der Waals surface area contributed by atoms with Crippen LogP contribution < -0.4 is 18.9 Å². The van der Waals surface area contributed by atoms with E-state index in [0.29, 0.717) is 5.56 Å². The first kappa shape index (κ1) is 90.8. The summed E-state index contributed by atoms with van der Waals surface area (Å²) >= 11 is 12.8. The van der Waals surface area contributed by atoms with Gasteiger partial charge in [0.25, 0.3) is 5.24 Å². The molecule has 1 atom stereocenters. The van der Waals surface area contributed by atoms with Crippen LogP contribution in [-0.2, 0) is 0 Å². The summed E-state index contributed by atoms with van der Waals surface area (Å²) in [5, 5.41) is 33.3. The van der Waals surface area contributed by atoms with E-state index in [4.69, 9.17) is 60.7 Å². The lowest BCUT2D eigenvalue weighted by Crippen LogP contribution is -2.13. The zero-order valence-corrected chi connectivity index (χ0v) is 76.5. The fourth-order valence-electron chi connectivity index (χ4n) is 15.1. The number of Topliss-reactive ketones (excluding diaryl/α,β-unsaturated/α-hetero) is 1. The molecule has 0 aromatic heterocycles. The molecule has 0 saturated carbocycles. The second-order valence-corrected chi connectivity index (χ2v) is 40.9. The Kier molecular flexibility index (Phi) is 33.7. The molecule has 0 heterocycles. The normalized spacial score (nSPS) is 12.1. The van der Waals surface area contributed by atoms with Gasteiger partial charge in [-0.05, 0) is 160 Å². The van der Waals surface area contributed by atoms with E-state index in [1.54, 1.807) is 64.8 Å². The molecule has 17 aromatic carbocycles. The molecule has 0 amide bonds. The van der Waals surface area contributed by atoms with E-state index >= 15 is 0 Å². The SMILES string of the molecule is BrB(Br)Br.COc1ccc(/C(=C(\c2ccccc2)c2ccc(OC)c3ccccc23)c2ccccc2)c2ccccc12.COc1ccc(C(=O)C2C=CC=CC2)c2ccccc12.COc1cccc2ccccc12.O=C(Cl)c1ccccc1.Oc1ccc(/C(=C(\c2ccccc2)c2ccc(O)c3ccccc23)c2ccccc2)c2ccccc12.[Cl][Al]([Cl])[Cl]. The molecule has 0 fully saturated rings. The summed E-state index contributed by atoms with van der Waals surface area (Å²) < 4.78 is 22.4. The monoisotopic (exact) mass is 1900 g/mol. The fourth-order valence-corrected chi connectivity index (χ4v) is 15.2. The van der Waals surface area contributed by atoms with Gasteiger partial charge in [0.15, 0.2) is 5.78 Å². The van der Waals surface area contributed by atoms with Crippen LogP contribution in [0.5, 0.6) is 34.5 Å². The number of phenols is 2. The highest BCUT2D eigenvalue weighted by atomic mass is 79.9. The maximum absolute atomic E-state index is 12.7. The van der Waals surface area contributed by atoms with E-state index in [2.05, 4.69) is 260 Å². The first-order valence-electron chi connectivity index (χ1n) is 39.3. The van der Waals surface area contributed by atoms with Crippen LogP contribution in [0.1, 0.15) is 71.6 Å². The molecule has 0 aliphatic heterocycles. The van der Waals surface area contributed by atoms with Gasteiger partial charge < -0.3 is 29.2 Å². The largest absolute Gasteiger partial charge is 0.643 e. The third-order valence-corrected chi connectivity index (χ3v) is 20.7. The second-order valence-electron chi connectivity index (χ2n) is 27.7. The number of ether oxygens (including phenoxy) is 4. The van der Waals surface area contributed by atoms with Crippen LogP contribution in [0.4, 0.5) is 0 Å². The van der Waals surface area contributed by atoms with Crippen LogP contribution in [0, 0.1) is 5.92 Å². The molecule has 0 bridgehead atoms. The number of methoxy groups -OCH3 is 4. The molecule has 18 rings (SSSR count). The van der Waals surface area contributed by atoms with E-state index < -0.39 is 16.6 Å². The number of halogens is 7. The van der Waals surface area contributed by atoms with Gasteiger partial charge in [-0.15, -0.1) is 47.3 Å². The first-order chi connectivity index (χ1) is 60.0. The number of hydrogen-bond donors (Lipinski definition) is 2. The number of benzene rings is 17. The van der Waals surface area contributed by atoms with Crippen molar-refractivity contribution in [2.45, 2.75) is 6.42 Å². The fraction of sp³-hybridized carbons (Fsp3) is 0.0566. The summed E-state index contributed by atoms with van der Waals surface area (Å²) in [6.45, 7) is 0. The van der Waals surface area contributed by atoms with Crippen molar-refractivity contribution in [2.75, 3.05) is 28.4 Å². The Balaban J connectivity index is 0.000000148. The smallest absolute Gasteiger partial charge is 0.507 e.